The van der Waals surface area contributed by atoms with Gasteiger partial charge < -0.3 is 10.6 Å². The zero-order valence-electron chi connectivity index (χ0n) is 16.0. The van der Waals surface area contributed by atoms with Crippen molar-refractivity contribution in [3.8, 4) is 0 Å². The Morgan fingerprint density at radius 3 is 2.33 bits per heavy atom. The summed E-state index contributed by atoms with van der Waals surface area (Å²) in [6, 6.07) is 14.9. The third kappa shape index (κ3) is 4.16. The van der Waals surface area contributed by atoms with Crippen molar-refractivity contribution in [2.45, 2.75) is 39.3 Å². The van der Waals surface area contributed by atoms with Gasteiger partial charge >= 0.3 is 0 Å². The molecule has 2 amide bonds. The number of fused-ring (bicyclic) bond motifs is 1. The summed E-state index contributed by atoms with van der Waals surface area (Å²) in [4.78, 5) is 29.8. The maximum absolute atomic E-state index is 12.8. The van der Waals surface area contributed by atoms with E-state index in [0.717, 1.165) is 5.56 Å². The summed E-state index contributed by atoms with van der Waals surface area (Å²) >= 11 is 0. The normalized spacial score (nSPS) is 12.6. The van der Waals surface area contributed by atoms with Crippen LogP contribution in [-0.4, -0.2) is 26.7 Å². The molecule has 1 unspecified atom stereocenters. The number of hydrogen-bond acceptors (Lipinski definition) is 3. The molecule has 0 fully saturated rings. The molecule has 2 heterocycles. The highest BCUT2D eigenvalue weighted by molar-refractivity contribution is 6.02. The minimum atomic E-state index is -0.397. The van der Waals surface area contributed by atoms with Gasteiger partial charge in [0.25, 0.3) is 11.8 Å². The molecule has 6 nitrogen and oxygen atoms in total. The molecule has 2 aromatic heterocycles. The first-order valence-electron chi connectivity index (χ1n) is 8.91. The first-order chi connectivity index (χ1) is 12.8. The number of nitrogens with zero attached hydrogens (tertiary/aromatic N) is 2. The van der Waals surface area contributed by atoms with Crippen LogP contribution in [0.3, 0.4) is 0 Å². The molecular formula is C21H24N4O2. The van der Waals surface area contributed by atoms with Crippen molar-refractivity contribution in [1.82, 2.24) is 20.0 Å². The first-order valence-corrected chi connectivity index (χ1v) is 8.91. The number of rotatable bonds is 4. The maximum atomic E-state index is 12.8. The summed E-state index contributed by atoms with van der Waals surface area (Å²) in [7, 11) is 0. The first kappa shape index (κ1) is 18.6. The average molecular weight is 364 g/mol. The zero-order valence-corrected chi connectivity index (χ0v) is 16.0. The summed E-state index contributed by atoms with van der Waals surface area (Å²) < 4.78 is 1.64. The highest BCUT2D eigenvalue weighted by atomic mass is 16.2. The van der Waals surface area contributed by atoms with Crippen molar-refractivity contribution in [3.63, 3.8) is 0 Å². The fourth-order valence-corrected chi connectivity index (χ4v) is 2.85. The van der Waals surface area contributed by atoms with Gasteiger partial charge in [0, 0.05) is 11.7 Å². The van der Waals surface area contributed by atoms with Gasteiger partial charge in [-0.25, -0.2) is 4.98 Å². The van der Waals surface area contributed by atoms with Gasteiger partial charge in [-0.05, 0) is 45.4 Å². The molecule has 1 aromatic carbocycles. The van der Waals surface area contributed by atoms with Gasteiger partial charge in [0.05, 0.1) is 11.6 Å². The minimum absolute atomic E-state index is 0.179. The van der Waals surface area contributed by atoms with Crippen LogP contribution in [0.2, 0.25) is 0 Å². The number of nitrogens with one attached hydrogen (secondary N) is 2. The van der Waals surface area contributed by atoms with Gasteiger partial charge in [0.2, 0.25) is 5.82 Å². The van der Waals surface area contributed by atoms with Gasteiger partial charge in [0.1, 0.15) is 0 Å². The van der Waals surface area contributed by atoms with Crippen LogP contribution in [0.25, 0.3) is 5.52 Å². The van der Waals surface area contributed by atoms with Gasteiger partial charge in [-0.3, -0.25) is 14.0 Å². The Morgan fingerprint density at radius 1 is 1.00 bits per heavy atom. The topological polar surface area (TPSA) is 75.5 Å². The molecule has 0 aliphatic carbocycles. The molecule has 0 spiro atoms. The van der Waals surface area contributed by atoms with E-state index >= 15 is 0 Å². The van der Waals surface area contributed by atoms with E-state index in [1.807, 2.05) is 64.1 Å². The Kier molecular flexibility index (Phi) is 4.99. The van der Waals surface area contributed by atoms with E-state index in [-0.39, 0.29) is 29.4 Å². The number of carbonyl (C=O) groups excluding carboxylic acids is 2. The number of amides is 2. The zero-order chi connectivity index (χ0) is 19.6. The van der Waals surface area contributed by atoms with Crippen molar-refractivity contribution in [2.24, 2.45) is 0 Å². The van der Waals surface area contributed by atoms with E-state index in [1.54, 1.807) is 22.7 Å². The van der Waals surface area contributed by atoms with Crippen LogP contribution in [-0.2, 0) is 0 Å². The Hall–Kier alpha value is -3.15. The number of benzene rings is 1. The van der Waals surface area contributed by atoms with E-state index in [1.165, 1.54) is 0 Å². The molecule has 0 aliphatic rings. The second-order valence-corrected chi connectivity index (χ2v) is 7.55. The van der Waals surface area contributed by atoms with Crippen LogP contribution >= 0.6 is 0 Å². The fraction of sp³-hybridized carbons (Fsp3) is 0.286. The van der Waals surface area contributed by atoms with Crippen molar-refractivity contribution in [3.05, 3.63) is 71.8 Å². The lowest BCUT2D eigenvalue weighted by Gasteiger charge is -2.19. The maximum Gasteiger partial charge on any atom is 0.288 e. The summed E-state index contributed by atoms with van der Waals surface area (Å²) in [6.07, 6.45) is 1.73. The predicted molar refractivity (Wildman–Crippen MR) is 105 cm³/mol. The van der Waals surface area contributed by atoms with Crippen LogP contribution in [0.15, 0.2) is 54.7 Å². The van der Waals surface area contributed by atoms with Gasteiger partial charge in [-0.2, -0.15) is 0 Å². The molecule has 2 N–H and O–H groups in total. The van der Waals surface area contributed by atoms with Gasteiger partial charge in [0.15, 0.2) is 5.69 Å². The van der Waals surface area contributed by atoms with E-state index in [2.05, 4.69) is 15.6 Å². The van der Waals surface area contributed by atoms with Crippen molar-refractivity contribution < 1.29 is 9.59 Å². The van der Waals surface area contributed by atoms with Crippen LogP contribution in [0, 0.1) is 0 Å². The van der Waals surface area contributed by atoms with E-state index in [9.17, 15) is 9.59 Å². The molecule has 0 bridgehead atoms. The molecule has 1 atom stereocenters. The van der Waals surface area contributed by atoms with Crippen LogP contribution in [0.1, 0.15) is 60.4 Å². The van der Waals surface area contributed by atoms with Crippen LogP contribution < -0.4 is 10.6 Å². The number of pyridine rings is 1. The predicted octanol–water partition coefficient (Wildman–Crippen LogP) is 3.35. The van der Waals surface area contributed by atoms with Gasteiger partial charge in [-0.1, -0.05) is 36.4 Å². The van der Waals surface area contributed by atoms with Crippen LogP contribution in [0.5, 0.6) is 0 Å². The fourth-order valence-electron chi connectivity index (χ4n) is 2.85. The Bertz CT molecular complexity index is 971. The van der Waals surface area contributed by atoms with Crippen LogP contribution in [0.4, 0.5) is 0 Å². The van der Waals surface area contributed by atoms with E-state index in [0.29, 0.717) is 5.52 Å². The average Bonchev–Trinajstić information content (AvgIpc) is 3.01. The summed E-state index contributed by atoms with van der Waals surface area (Å²) in [6.45, 7) is 7.62. The second kappa shape index (κ2) is 7.23. The van der Waals surface area contributed by atoms with Crippen molar-refractivity contribution >= 4 is 17.3 Å². The van der Waals surface area contributed by atoms with Gasteiger partial charge in [-0.15, -0.1) is 0 Å². The molecule has 0 saturated carbocycles. The summed E-state index contributed by atoms with van der Waals surface area (Å²) in [5.74, 6) is -0.448. The number of carbonyl (C=O) groups is 2. The molecule has 27 heavy (non-hydrogen) atoms. The number of aromatic nitrogens is 2. The quantitative estimate of drug-likeness (QED) is 0.745. The van der Waals surface area contributed by atoms with E-state index < -0.39 is 5.54 Å². The molecule has 3 rings (SSSR count). The lowest BCUT2D eigenvalue weighted by molar-refractivity contribution is 0.0916. The molecule has 140 valence electrons. The second-order valence-electron chi connectivity index (χ2n) is 7.55. The Morgan fingerprint density at radius 2 is 1.67 bits per heavy atom. The third-order valence-electron chi connectivity index (χ3n) is 4.10. The lowest BCUT2D eigenvalue weighted by Crippen LogP contribution is -2.40. The Balaban J connectivity index is 1.93. The monoisotopic (exact) mass is 364 g/mol. The standard InChI is InChI=1S/C21H24N4O2/c1-14(15-10-6-5-7-11-15)22-20(27)18-23-17(19(26)24-21(2,3)4)16-12-8-9-13-25(16)18/h5-14H,1-4H3,(H,22,27)(H,24,26). The Labute approximate surface area is 158 Å². The smallest absolute Gasteiger partial charge is 0.288 e. The van der Waals surface area contributed by atoms with Crippen molar-refractivity contribution in [1.29, 1.82) is 0 Å². The number of imidazole rings is 1. The lowest BCUT2D eigenvalue weighted by atomic mass is 10.1. The third-order valence-corrected chi connectivity index (χ3v) is 4.10. The molecule has 0 radical (unpaired) electrons. The molecule has 3 aromatic rings. The molecule has 6 heteroatoms. The summed E-state index contributed by atoms with van der Waals surface area (Å²) in [5.41, 5.74) is 1.43. The highest BCUT2D eigenvalue weighted by Crippen LogP contribution is 2.17. The molecule has 0 saturated heterocycles. The molecular weight excluding hydrogens is 340 g/mol. The highest BCUT2D eigenvalue weighted by Gasteiger charge is 2.24. The largest absolute Gasteiger partial charge is 0.346 e. The van der Waals surface area contributed by atoms with E-state index in [4.69, 9.17) is 0 Å². The number of hydrogen-bond donors (Lipinski definition) is 2. The van der Waals surface area contributed by atoms with Crippen molar-refractivity contribution in [2.75, 3.05) is 0 Å². The summed E-state index contributed by atoms with van der Waals surface area (Å²) in [5, 5.41) is 5.85. The minimum Gasteiger partial charge on any atom is -0.346 e. The molecule has 0 aliphatic heterocycles. The SMILES string of the molecule is CC(NC(=O)c1nc(C(=O)NC(C)(C)C)c2ccccn12)c1ccccc1.